The lowest BCUT2D eigenvalue weighted by molar-refractivity contribution is -0.0190. The number of thiazole rings is 1. The van der Waals surface area contributed by atoms with Crippen molar-refractivity contribution < 1.29 is 9.53 Å². The van der Waals surface area contributed by atoms with Gasteiger partial charge in [-0.25, -0.2) is 9.78 Å². The number of hydrogen-bond donors (Lipinski definition) is 1. The molecule has 0 radical (unpaired) electrons. The molecule has 1 amide bonds. The van der Waals surface area contributed by atoms with Crippen LogP contribution in [-0.2, 0) is 4.74 Å². The second kappa shape index (κ2) is 7.35. The standard InChI is InChI=1S/C18H19Cl2N3O2S/c19-13-7-12(8-14(20)9-13)15-16(21-11-26-15)22-17(24)25-10-18-1-4-23(5-2-18)6-3-18/h7-9,11H,1-6,10H2,(H,22,24). The molecule has 3 aliphatic heterocycles. The van der Waals surface area contributed by atoms with Gasteiger partial charge in [0.15, 0.2) is 5.82 Å². The van der Waals surface area contributed by atoms with Gasteiger partial charge in [0.2, 0.25) is 0 Å². The molecule has 1 aromatic carbocycles. The number of benzene rings is 1. The monoisotopic (exact) mass is 411 g/mol. The average molecular weight is 412 g/mol. The number of carbonyl (C=O) groups is 1. The van der Waals surface area contributed by atoms with E-state index in [1.54, 1.807) is 23.7 Å². The summed E-state index contributed by atoms with van der Waals surface area (Å²) in [5.41, 5.74) is 2.64. The zero-order valence-electron chi connectivity index (χ0n) is 14.1. The molecule has 1 N–H and O–H groups in total. The molecule has 5 rings (SSSR count). The number of nitrogens with one attached hydrogen (secondary N) is 1. The van der Waals surface area contributed by atoms with Crippen molar-refractivity contribution in [2.75, 3.05) is 31.6 Å². The lowest BCUT2D eigenvalue weighted by Gasteiger charge is -2.47. The third kappa shape index (κ3) is 3.83. The highest BCUT2D eigenvalue weighted by Gasteiger charge is 2.40. The summed E-state index contributed by atoms with van der Waals surface area (Å²) in [5.74, 6) is 0.467. The number of ether oxygens (including phenoxy) is 1. The predicted molar refractivity (Wildman–Crippen MR) is 105 cm³/mol. The van der Waals surface area contributed by atoms with Crippen molar-refractivity contribution in [3.8, 4) is 10.4 Å². The summed E-state index contributed by atoms with van der Waals surface area (Å²) < 4.78 is 5.56. The summed E-state index contributed by atoms with van der Waals surface area (Å²) >= 11 is 13.6. The molecule has 138 valence electrons. The topological polar surface area (TPSA) is 54.5 Å². The van der Waals surface area contributed by atoms with Crippen LogP contribution in [0.2, 0.25) is 10.0 Å². The van der Waals surface area contributed by atoms with E-state index in [2.05, 4.69) is 15.2 Å². The van der Waals surface area contributed by atoms with Gasteiger partial charge in [0, 0.05) is 15.5 Å². The van der Waals surface area contributed by atoms with Crippen molar-refractivity contribution in [3.63, 3.8) is 0 Å². The van der Waals surface area contributed by atoms with E-state index in [9.17, 15) is 4.79 Å². The molecule has 1 aromatic heterocycles. The first-order valence-electron chi connectivity index (χ1n) is 8.59. The summed E-state index contributed by atoms with van der Waals surface area (Å²) in [6.07, 6.45) is 2.84. The van der Waals surface area contributed by atoms with Gasteiger partial charge in [0.25, 0.3) is 0 Å². The summed E-state index contributed by atoms with van der Waals surface area (Å²) in [7, 11) is 0. The second-order valence-corrected chi connectivity index (χ2v) is 8.71. The van der Waals surface area contributed by atoms with E-state index in [-0.39, 0.29) is 5.41 Å². The zero-order chi connectivity index (χ0) is 18.1. The number of rotatable bonds is 4. The number of piperidine rings is 3. The van der Waals surface area contributed by atoms with Gasteiger partial charge in [-0.1, -0.05) is 23.2 Å². The molecule has 0 unspecified atom stereocenters. The third-order valence-corrected chi connectivity index (χ3v) is 6.61. The van der Waals surface area contributed by atoms with E-state index >= 15 is 0 Å². The van der Waals surface area contributed by atoms with Gasteiger partial charge in [-0.3, -0.25) is 5.32 Å². The van der Waals surface area contributed by atoms with Gasteiger partial charge in [-0.15, -0.1) is 11.3 Å². The Labute approximate surface area is 166 Å². The zero-order valence-corrected chi connectivity index (χ0v) is 16.5. The number of fused-ring (bicyclic) bond motifs is 3. The molecule has 3 aliphatic rings. The highest BCUT2D eigenvalue weighted by atomic mass is 35.5. The van der Waals surface area contributed by atoms with Crippen molar-refractivity contribution in [2.24, 2.45) is 5.41 Å². The molecule has 0 atom stereocenters. The van der Waals surface area contributed by atoms with Crippen LogP contribution < -0.4 is 5.32 Å². The Morgan fingerprint density at radius 1 is 1.19 bits per heavy atom. The summed E-state index contributed by atoms with van der Waals surface area (Å²) in [6.45, 7) is 3.79. The highest BCUT2D eigenvalue weighted by Crippen LogP contribution is 2.40. The molecule has 3 fully saturated rings. The van der Waals surface area contributed by atoms with Crippen LogP contribution in [0.3, 0.4) is 0 Å². The molecular weight excluding hydrogens is 393 g/mol. The second-order valence-electron chi connectivity index (χ2n) is 6.98. The Balaban J connectivity index is 1.41. The van der Waals surface area contributed by atoms with Gasteiger partial charge in [0.05, 0.1) is 17.0 Å². The Morgan fingerprint density at radius 3 is 2.50 bits per heavy atom. The van der Waals surface area contributed by atoms with E-state index in [0.717, 1.165) is 49.3 Å². The van der Waals surface area contributed by atoms with Crippen LogP contribution in [0, 0.1) is 5.41 Å². The maximum atomic E-state index is 12.3. The van der Waals surface area contributed by atoms with E-state index in [0.29, 0.717) is 22.5 Å². The maximum Gasteiger partial charge on any atom is 0.412 e. The largest absolute Gasteiger partial charge is 0.449 e. The van der Waals surface area contributed by atoms with Crippen LogP contribution in [0.1, 0.15) is 19.3 Å². The molecule has 3 saturated heterocycles. The van der Waals surface area contributed by atoms with Crippen LogP contribution in [0.5, 0.6) is 0 Å². The predicted octanol–water partition coefficient (Wildman–Crippen LogP) is 5.15. The Kier molecular flexibility index (Phi) is 5.10. The van der Waals surface area contributed by atoms with Crippen LogP contribution in [0.15, 0.2) is 23.7 Å². The lowest BCUT2D eigenvalue weighted by Crippen LogP contribution is -2.50. The molecule has 2 aromatic rings. The van der Waals surface area contributed by atoms with E-state index < -0.39 is 6.09 Å². The normalized spacial score (nSPS) is 24.5. The Hall–Kier alpha value is -1.34. The Bertz CT molecular complexity index is 784. The van der Waals surface area contributed by atoms with Crippen molar-refractivity contribution in [2.45, 2.75) is 19.3 Å². The highest BCUT2D eigenvalue weighted by molar-refractivity contribution is 7.13. The van der Waals surface area contributed by atoms with E-state index in [4.69, 9.17) is 27.9 Å². The van der Waals surface area contributed by atoms with Crippen LogP contribution >= 0.6 is 34.5 Å². The molecule has 8 heteroatoms. The number of amides is 1. The van der Waals surface area contributed by atoms with Crippen LogP contribution in [-0.4, -0.2) is 42.2 Å². The minimum atomic E-state index is -0.465. The minimum absolute atomic E-state index is 0.150. The molecule has 0 spiro atoms. The fraction of sp³-hybridized carbons (Fsp3) is 0.444. The third-order valence-electron chi connectivity index (χ3n) is 5.30. The van der Waals surface area contributed by atoms with E-state index in [1.165, 1.54) is 11.3 Å². The van der Waals surface area contributed by atoms with Crippen molar-refractivity contribution >= 4 is 46.4 Å². The molecule has 4 heterocycles. The SMILES string of the molecule is O=C(Nc1ncsc1-c1cc(Cl)cc(Cl)c1)OCC12CCN(CC1)CC2. The number of halogens is 2. The number of anilines is 1. The first-order valence-corrected chi connectivity index (χ1v) is 10.2. The molecule has 26 heavy (non-hydrogen) atoms. The molecular formula is C18H19Cl2N3O2S. The van der Waals surface area contributed by atoms with Gasteiger partial charge in [0.1, 0.15) is 0 Å². The van der Waals surface area contributed by atoms with Crippen molar-refractivity contribution in [1.82, 2.24) is 9.88 Å². The first-order chi connectivity index (χ1) is 12.5. The molecule has 0 saturated carbocycles. The van der Waals surface area contributed by atoms with Crippen LogP contribution in [0.4, 0.5) is 10.6 Å². The van der Waals surface area contributed by atoms with Gasteiger partial charge >= 0.3 is 6.09 Å². The van der Waals surface area contributed by atoms with Gasteiger partial charge < -0.3 is 9.64 Å². The summed E-state index contributed by atoms with van der Waals surface area (Å²) in [4.78, 5) is 19.8. The number of nitrogens with zero attached hydrogens (tertiary/aromatic N) is 2. The molecule has 2 bridgehead atoms. The maximum absolute atomic E-state index is 12.3. The molecule has 0 aliphatic carbocycles. The van der Waals surface area contributed by atoms with Gasteiger partial charge in [-0.05, 0) is 62.7 Å². The fourth-order valence-electron chi connectivity index (χ4n) is 3.69. The summed E-state index contributed by atoms with van der Waals surface area (Å²) in [5, 5.41) is 3.84. The van der Waals surface area contributed by atoms with Crippen molar-refractivity contribution in [3.05, 3.63) is 33.8 Å². The number of hydrogen-bond acceptors (Lipinski definition) is 5. The number of aromatic nitrogens is 1. The first kappa shape index (κ1) is 18.0. The van der Waals surface area contributed by atoms with Crippen molar-refractivity contribution in [1.29, 1.82) is 0 Å². The van der Waals surface area contributed by atoms with Gasteiger partial charge in [-0.2, -0.15) is 0 Å². The Morgan fingerprint density at radius 2 is 1.85 bits per heavy atom. The fourth-order valence-corrected chi connectivity index (χ4v) is 4.95. The van der Waals surface area contributed by atoms with E-state index in [1.807, 2.05) is 0 Å². The number of carbonyl (C=O) groups excluding carboxylic acids is 1. The molecule has 5 nitrogen and oxygen atoms in total. The van der Waals surface area contributed by atoms with Crippen LogP contribution in [0.25, 0.3) is 10.4 Å². The summed E-state index contributed by atoms with van der Waals surface area (Å²) in [6, 6.07) is 5.27. The average Bonchev–Trinajstić information content (AvgIpc) is 3.09. The quantitative estimate of drug-likeness (QED) is 0.755. The smallest absolute Gasteiger partial charge is 0.412 e. The minimum Gasteiger partial charge on any atom is -0.449 e. The lowest BCUT2D eigenvalue weighted by atomic mass is 9.73.